The number of para-hydroxylation sites is 1. The summed E-state index contributed by atoms with van der Waals surface area (Å²) in [6, 6.07) is 7.38. The van der Waals surface area contributed by atoms with Crippen LogP contribution in [-0.4, -0.2) is 9.97 Å². The van der Waals surface area contributed by atoms with Crippen LogP contribution >= 0.6 is 34.7 Å². The number of benzene rings is 1. The second-order valence-corrected chi connectivity index (χ2v) is 6.34. The van der Waals surface area contributed by atoms with Gasteiger partial charge in [0.2, 0.25) is 5.82 Å². The monoisotopic (exact) mass is 332 g/mol. The van der Waals surface area contributed by atoms with Crippen molar-refractivity contribution in [2.75, 3.05) is 0 Å². The SMILES string of the molecule is Fc1nc(Sc2nc3ccccc3s2)c(Cl)c(F)c1F. The lowest BCUT2D eigenvalue weighted by molar-refractivity contribution is 0.419. The van der Waals surface area contributed by atoms with Crippen molar-refractivity contribution >= 4 is 44.9 Å². The molecule has 0 N–H and O–H groups in total. The van der Waals surface area contributed by atoms with E-state index < -0.39 is 22.6 Å². The number of aromatic nitrogens is 2. The molecule has 3 rings (SSSR count). The Morgan fingerprint density at radius 2 is 1.80 bits per heavy atom. The lowest BCUT2D eigenvalue weighted by Crippen LogP contribution is -1.98. The summed E-state index contributed by atoms with van der Waals surface area (Å²) in [4.78, 5) is 7.59. The molecule has 102 valence electrons. The molecule has 0 saturated carbocycles. The van der Waals surface area contributed by atoms with Crippen LogP contribution in [0.15, 0.2) is 33.6 Å². The van der Waals surface area contributed by atoms with Crippen molar-refractivity contribution < 1.29 is 13.2 Å². The van der Waals surface area contributed by atoms with Crippen LogP contribution in [0.1, 0.15) is 0 Å². The fourth-order valence-electron chi connectivity index (χ4n) is 1.51. The van der Waals surface area contributed by atoms with Crippen LogP contribution in [-0.2, 0) is 0 Å². The van der Waals surface area contributed by atoms with Gasteiger partial charge < -0.3 is 0 Å². The number of thiazole rings is 1. The van der Waals surface area contributed by atoms with Gasteiger partial charge in [0.25, 0.3) is 5.95 Å². The molecule has 2 heterocycles. The third kappa shape index (κ3) is 2.36. The number of hydrogen-bond acceptors (Lipinski definition) is 4. The summed E-state index contributed by atoms with van der Waals surface area (Å²) >= 11 is 7.86. The molecule has 0 spiro atoms. The Labute approximate surface area is 124 Å². The predicted octanol–water partition coefficient (Wildman–Crippen LogP) is 4.91. The third-order valence-corrected chi connectivity index (χ3v) is 4.95. The molecule has 0 saturated heterocycles. The third-order valence-electron chi connectivity index (χ3n) is 2.41. The van der Waals surface area contributed by atoms with Crippen LogP contribution in [0.2, 0.25) is 5.02 Å². The first-order valence-corrected chi connectivity index (χ1v) is 7.31. The summed E-state index contributed by atoms with van der Waals surface area (Å²) in [7, 11) is 0. The van der Waals surface area contributed by atoms with E-state index in [-0.39, 0.29) is 5.03 Å². The highest BCUT2D eigenvalue weighted by Gasteiger charge is 2.20. The summed E-state index contributed by atoms with van der Waals surface area (Å²) < 4.78 is 40.9. The van der Waals surface area contributed by atoms with E-state index in [4.69, 9.17) is 11.6 Å². The summed E-state index contributed by atoms with van der Waals surface area (Å²) in [6.07, 6.45) is 0. The Morgan fingerprint density at radius 3 is 2.55 bits per heavy atom. The molecule has 0 fully saturated rings. The van der Waals surface area contributed by atoms with Crippen molar-refractivity contribution in [2.24, 2.45) is 0 Å². The molecule has 0 aliphatic carbocycles. The molecule has 20 heavy (non-hydrogen) atoms. The number of fused-ring (bicyclic) bond motifs is 1. The Bertz CT molecular complexity index is 774. The van der Waals surface area contributed by atoms with E-state index in [0.29, 0.717) is 4.34 Å². The minimum atomic E-state index is -1.68. The molecule has 1 aromatic carbocycles. The van der Waals surface area contributed by atoms with Gasteiger partial charge in [-0.2, -0.15) is 8.78 Å². The van der Waals surface area contributed by atoms with Gasteiger partial charge in [0.1, 0.15) is 10.0 Å². The zero-order chi connectivity index (χ0) is 14.3. The van der Waals surface area contributed by atoms with Crippen molar-refractivity contribution in [3.63, 3.8) is 0 Å². The van der Waals surface area contributed by atoms with Crippen LogP contribution in [0.5, 0.6) is 0 Å². The highest BCUT2D eigenvalue weighted by molar-refractivity contribution is 8.01. The Balaban J connectivity index is 2.02. The second-order valence-electron chi connectivity index (χ2n) is 3.70. The second kappa shape index (κ2) is 5.23. The minimum Gasteiger partial charge on any atom is -0.229 e. The van der Waals surface area contributed by atoms with E-state index in [2.05, 4.69) is 9.97 Å². The molecular weight excluding hydrogens is 329 g/mol. The first kappa shape index (κ1) is 13.7. The summed E-state index contributed by atoms with van der Waals surface area (Å²) in [6.45, 7) is 0. The summed E-state index contributed by atoms with van der Waals surface area (Å²) in [5, 5.41) is -0.699. The summed E-state index contributed by atoms with van der Waals surface area (Å²) in [5.41, 5.74) is 0.763. The predicted molar refractivity (Wildman–Crippen MR) is 72.9 cm³/mol. The van der Waals surface area contributed by atoms with Gasteiger partial charge in [-0.3, -0.25) is 0 Å². The molecule has 0 aliphatic rings. The normalized spacial score (nSPS) is 11.2. The smallest absolute Gasteiger partial charge is 0.229 e. The Kier molecular flexibility index (Phi) is 3.57. The van der Waals surface area contributed by atoms with Gasteiger partial charge in [0.05, 0.1) is 10.2 Å². The van der Waals surface area contributed by atoms with E-state index >= 15 is 0 Å². The van der Waals surface area contributed by atoms with Crippen LogP contribution in [0.25, 0.3) is 10.2 Å². The fourth-order valence-corrected chi connectivity index (χ4v) is 3.74. The topological polar surface area (TPSA) is 25.8 Å². The largest absolute Gasteiger partial charge is 0.253 e. The maximum atomic E-state index is 13.3. The summed E-state index contributed by atoms with van der Waals surface area (Å²) in [5.74, 6) is -4.64. The molecule has 0 radical (unpaired) electrons. The van der Waals surface area contributed by atoms with Crippen molar-refractivity contribution in [1.82, 2.24) is 9.97 Å². The minimum absolute atomic E-state index is 0.151. The van der Waals surface area contributed by atoms with E-state index in [1.165, 1.54) is 11.3 Å². The number of halogens is 4. The van der Waals surface area contributed by atoms with Crippen molar-refractivity contribution in [1.29, 1.82) is 0 Å². The molecule has 8 heteroatoms. The van der Waals surface area contributed by atoms with Gasteiger partial charge in [-0.25, -0.2) is 14.4 Å². The van der Waals surface area contributed by atoms with Crippen molar-refractivity contribution in [3.05, 3.63) is 46.9 Å². The molecule has 0 unspecified atom stereocenters. The zero-order valence-electron chi connectivity index (χ0n) is 9.53. The number of nitrogens with zero attached hydrogens (tertiary/aromatic N) is 2. The number of pyridine rings is 1. The fraction of sp³-hybridized carbons (Fsp3) is 0. The van der Waals surface area contributed by atoms with Crippen LogP contribution in [0.3, 0.4) is 0 Å². The van der Waals surface area contributed by atoms with E-state index in [1.54, 1.807) is 0 Å². The average molecular weight is 333 g/mol. The van der Waals surface area contributed by atoms with E-state index in [9.17, 15) is 13.2 Å². The Hall–Kier alpha value is -1.31. The van der Waals surface area contributed by atoms with Crippen LogP contribution < -0.4 is 0 Å². The van der Waals surface area contributed by atoms with Crippen molar-refractivity contribution in [2.45, 2.75) is 9.37 Å². The van der Waals surface area contributed by atoms with Gasteiger partial charge in [-0.1, -0.05) is 23.7 Å². The van der Waals surface area contributed by atoms with Crippen LogP contribution in [0, 0.1) is 17.6 Å². The number of rotatable bonds is 2. The van der Waals surface area contributed by atoms with Gasteiger partial charge in [-0.15, -0.1) is 11.3 Å². The number of hydrogen-bond donors (Lipinski definition) is 0. The molecule has 2 nitrogen and oxygen atoms in total. The molecule has 3 aromatic rings. The van der Waals surface area contributed by atoms with Crippen LogP contribution in [0.4, 0.5) is 13.2 Å². The quantitative estimate of drug-likeness (QED) is 0.623. The molecule has 0 amide bonds. The highest BCUT2D eigenvalue weighted by atomic mass is 35.5. The highest BCUT2D eigenvalue weighted by Crippen LogP contribution is 2.38. The maximum absolute atomic E-state index is 13.3. The molecule has 0 atom stereocenters. The average Bonchev–Trinajstić information content (AvgIpc) is 2.84. The molecule has 0 bridgehead atoms. The van der Waals surface area contributed by atoms with Crippen molar-refractivity contribution in [3.8, 4) is 0 Å². The van der Waals surface area contributed by atoms with Gasteiger partial charge in [0.15, 0.2) is 10.2 Å². The van der Waals surface area contributed by atoms with Gasteiger partial charge >= 0.3 is 0 Å². The van der Waals surface area contributed by atoms with Gasteiger partial charge in [-0.05, 0) is 23.9 Å². The van der Waals surface area contributed by atoms with Gasteiger partial charge in [0, 0.05) is 0 Å². The molecule has 2 aromatic heterocycles. The lowest BCUT2D eigenvalue weighted by Gasteiger charge is -2.03. The molecule has 0 aliphatic heterocycles. The Morgan fingerprint density at radius 1 is 1.05 bits per heavy atom. The standard InChI is InChI=1S/C12H4ClF3N2S2/c13-7-8(14)9(15)10(16)18-11(7)20-12-17-5-3-1-2-4-6(5)19-12/h1-4H. The lowest BCUT2D eigenvalue weighted by atomic mass is 10.3. The maximum Gasteiger partial charge on any atom is 0.253 e. The van der Waals surface area contributed by atoms with E-state index in [0.717, 1.165) is 22.0 Å². The zero-order valence-corrected chi connectivity index (χ0v) is 11.9. The first-order valence-electron chi connectivity index (χ1n) is 5.29. The van der Waals surface area contributed by atoms with E-state index in [1.807, 2.05) is 24.3 Å². The molecular formula is C12H4ClF3N2S2. The first-order chi connectivity index (χ1) is 9.56.